The number of hydrogen-bond donors (Lipinski definition) is 2. The topological polar surface area (TPSA) is 108 Å². The Kier molecular flexibility index (Phi) is 4.80. The van der Waals surface area contributed by atoms with Crippen molar-refractivity contribution in [3.05, 3.63) is 35.9 Å². The van der Waals surface area contributed by atoms with Crippen molar-refractivity contribution in [1.82, 2.24) is 10.3 Å². The monoisotopic (exact) mass is 345 g/mol. The third kappa shape index (κ3) is 3.69. The number of carbonyl (C=O) groups is 3. The zero-order chi connectivity index (χ0) is 17.9. The predicted molar refractivity (Wildman–Crippen MR) is 87.6 cm³/mol. The van der Waals surface area contributed by atoms with Crippen molar-refractivity contribution in [2.75, 3.05) is 13.2 Å². The number of hydrogen-bond acceptors (Lipinski definition) is 5. The summed E-state index contributed by atoms with van der Waals surface area (Å²) >= 11 is 0. The van der Waals surface area contributed by atoms with Crippen LogP contribution in [0.3, 0.4) is 0 Å². The number of nitrogens with one attached hydrogen (secondary N) is 1. The largest absolute Gasteiger partial charge is 0.479 e. The van der Waals surface area contributed by atoms with E-state index in [1.54, 1.807) is 0 Å². The highest BCUT2D eigenvalue weighted by atomic mass is 16.5. The van der Waals surface area contributed by atoms with E-state index in [9.17, 15) is 19.5 Å². The zero-order valence-electron chi connectivity index (χ0n) is 13.6. The summed E-state index contributed by atoms with van der Waals surface area (Å²) in [5.74, 6) is -1.87. The lowest BCUT2D eigenvalue weighted by Gasteiger charge is -2.27. The minimum Gasteiger partial charge on any atom is -0.479 e. The number of nitrogens with zero attached hydrogens (tertiary/aromatic N) is 2. The van der Waals surface area contributed by atoms with Gasteiger partial charge < -0.3 is 15.2 Å². The van der Waals surface area contributed by atoms with E-state index in [-0.39, 0.29) is 50.6 Å². The molecule has 132 valence electrons. The molecule has 1 aromatic rings. The molecule has 0 spiro atoms. The van der Waals surface area contributed by atoms with Crippen molar-refractivity contribution in [3.8, 4) is 0 Å². The molecule has 0 saturated carbocycles. The first-order valence-electron chi connectivity index (χ1n) is 8.06. The Hall–Kier alpha value is -2.74. The number of hydrazone groups is 1. The Morgan fingerprint density at radius 3 is 2.68 bits per heavy atom. The summed E-state index contributed by atoms with van der Waals surface area (Å²) < 4.78 is 5.13. The Bertz CT molecular complexity index is 710. The van der Waals surface area contributed by atoms with Crippen molar-refractivity contribution in [2.45, 2.75) is 31.3 Å². The van der Waals surface area contributed by atoms with Gasteiger partial charge in [0.15, 0.2) is 5.54 Å². The fraction of sp³-hybridized carbons (Fsp3) is 0.412. The van der Waals surface area contributed by atoms with E-state index in [4.69, 9.17) is 4.74 Å². The van der Waals surface area contributed by atoms with Crippen LogP contribution in [0, 0.1) is 0 Å². The van der Waals surface area contributed by atoms with Crippen molar-refractivity contribution < 1.29 is 24.2 Å². The molecule has 0 aromatic heterocycles. The van der Waals surface area contributed by atoms with Gasteiger partial charge in [0.25, 0.3) is 5.91 Å². The highest BCUT2D eigenvalue weighted by molar-refractivity contribution is 6.40. The summed E-state index contributed by atoms with van der Waals surface area (Å²) in [4.78, 5) is 36.0. The van der Waals surface area contributed by atoms with Crippen LogP contribution in [-0.4, -0.2) is 52.4 Å². The van der Waals surface area contributed by atoms with Gasteiger partial charge in [-0.1, -0.05) is 30.3 Å². The number of amides is 2. The predicted octanol–water partition coefficient (Wildman–Crippen LogP) is 0.525. The minimum absolute atomic E-state index is 0.0754. The molecule has 2 N–H and O–H groups in total. The maximum Gasteiger partial charge on any atom is 0.331 e. The van der Waals surface area contributed by atoms with E-state index in [0.717, 1.165) is 5.56 Å². The van der Waals surface area contributed by atoms with Gasteiger partial charge in [0.2, 0.25) is 5.91 Å². The van der Waals surface area contributed by atoms with Gasteiger partial charge in [0, 0.05) is 25.9 Å². The molecular formula is C17H19N3O5. The van der Waals surface area contributed by atoms with Crippen LogP contribution in [0.2, 0.25) is 0 Å². The third-order valence-corrected chi connectivity index (χ3v) is 4.33. The van der Waals surface area contributed by atoms with Crippen molar-refractivity contribution in [3.63, 3.8) is 0 Å². The molecule has 1 atom stereocenters. The molecule has 2 heterocycles. The molecule has 0 bridgehead atoms. The highest BCUT2D eigenvalue weighted by Crippen LogP contribution is 2.20. The smallest absolute Gasteiger partial charge is 0.331 e. The lowest BCUT2D eigenvalue weighted by molar-refractivity contribution is -0.146. The fourth-order valence-corrected chi connectivity index (χ4v) is 2.82. The first-order chi connectivity index (χ1) is 12.0. The lowest BCUT2D eigenvalue weighted by Crippen LogP contribution is -2.57. The number of ether oxygens (including phenoxy) is 1. The van der Waals surface area contributed by atoms with Gasteiger partial charge in [-0.3, -0.25) is 9.59 Å². The summed E-state index contributed by atoms with van der Waals surface area (Å²) in [6.07, 6.45) is 0.552. The first-order valence-corrected chi connectivity index (χ1v) is 8.06. The third-order valence-electron chi connectivity index (χ3n) is 4.33. The summed E-state index contributed by atoms with van der Waals surface area (Å²) in [7, 11) is 0. The zero-order valence-corrected chi connectivity index (χ0v) is 13.6. The molecule has 0 radical (unpaired) electrons. The van der Waals surface area contributed by atoms with Gasteiger partial charge >= 0.3 is 5.97 Å². The highest BCUT2D eigenvalue weighted by Gasteiger charge is 2.44. The number of aliphatic carboxylic acids is 1. The van der Waals surface area contributed by atoms with Crippen molar-refractivity contribution in [1.29, 1.82) is 0 Å². The average Bonchev–Trinajstić information content (AvgIpc) is 3.07. The molecule has 8 nitrogen and oxygen atoms in total. The molecule has 2 aliphatic rings. The van der Waals surface area contributed by atoms with E-state index < -0.39 is 17.4 Å². The maximum atomic E-state index is 12.5. The van der Waals surface area contributed by atoms with Crippen LogP contribution in [0.25, 0.3) is 0 Å². The van der Waals surface area contributed by atoms with E-state index in [1.807, 2.05) is 30.3 Å². The van der Waals surface area contributed by atoms with Gasteiger partial charge in [-0.25, -0.2) is 9.80 Å². The second-order valence-corrected chi connectivity index (χ2v) is 6.13. The SMILES string of the molecule is O=C(NC1(C(=O)O)CCOC1)C1=NN(Cc2ccccc2)C(=O)CC1. The summed E-state index contributed by atoms with van der Waals surface area (Å²) in [6.45, 7) is 0.468. The quantitative estimate of drug-likeness (QED) is 0.809. The number of carbonyl (C=O) groups excluding carboxylic acids is 2. The maximum absolute atomic E-state index is 12.5. The van der Waals surface area contributed by atoms with Crippen LogP contribution in [-0.2, 0) is 25.7 Å². The molecule has 2 amide bonds. The van der Waals surface area contributed by atoms with Gasteiger partial charge in [0.05, 0.1) is 13.2 Å². The molecule has 1 aromatic carbocycles. The van der Waals surface area contributed by atoms with Crippen LogP contribution in [0.4, 0.5) is 0 Å². The second-order valence-electron chi connectivity index (χ2n) is 6.13. The molecular weight excluding hydrogens is 326 g/mol. The van der Waals surface area contributed by atoms with Crippen LogP contribution < -0.4 is 5.32 Å². The van der Waals surface area contributed by atoms with E-state index in [0.29, 0.717) is 0 Å². The van der Waals surface area contributed by atoms with Gasteiger partial charge in [0.1, 0.15) is 5.71 Å². The molecule has 8 heteroatoms. The molecule has 25 heavy (non-hydrogen) atoms. The van der Waals surface area contributed by atoms with Crippen LogP contribution in [0.15, 0.2) is 35.4 Å². The Labute approximate surface area is 144 Å². The fourth-order valence-electron chi connectivity index (χ4n) is 2.82. The number of carboxylic acid groups (broad SMARTS) is 1. The lowest BCUT2D eigenvalue weighted by atomic mass is 9.98. The van der Waals surface area contributed by atoms with Crippen LogP contribution >= 0.6 is 0 Å². The molecule has 0 aliphatic carbocycles. The summed E-state index contributed by atoms with van der Waals surface area (Å²) in [5, 5.41) is 17.3. The van der Waals surface area contributed by atoms with E-state index in [2.05, 4.69) is 10.4 Å². The molecule has 1 unspecified atom stereocenters. The normalized spacial score (nSPS) is 23.3. The summed E-state index contributed by atoms with van der Waals surface area (Å²) in [5.41, 5.74) is -0.374. The molecule has 1 saturated heterocycles. The van der Waals surface area contributed by atoms with Crippen LogP contribution in [0.5, 0.6) is 0 Å². The van der Waals surface area contributed by atoms with Crippen molar-refractivity contribution >= 4 is 23.5 Å². The number of rotatable bonds is 5. The molecule has 1 fully saturated rings. The average molecular weight is 345 g/mol. The number of carboxylic acids is 1. The minimum atomic E-state index is -1.43. The molecule has 2 aliphatic heterocycles. The second kappa shape index (κ2) is 7.02. The Balaban J connectivity index is 1.74. The summed E-state index contributed by atoms with van der Waals surface area (Å²) in [6, 6.07) is 9.33. The standard InChI is InChI=1S/C17H19N3O5/c21-14-7-6-13(19-20(14)10-12-4-2-1-3-5-12)15(22)18-17(16(23)24)8-9-25-11-17/h1-5H,6-11H2,(H,18,22)(H,23,24). The first kappa shape index (κ1) is 17.1. The van der Waals surface area contributed by atoms with Gasteiger partial charge in [-0.15, -0.1) is 0 Å². The van der Waals surface area contributed by atoms with Crippen molar-refractivity contribution in [2.24, 2.45) is 5.10 Å². The number of benzene rings is 1. The molecule has 3 rings (SSSR count). The van der Waals surface area contributed by atoms with Crippen LogP contribution in [0.1, 0.15) is 24.8 Å². The Morgan fingerprint density at radius 2 is 2.04 bits per heavy atom. The Morgan fingerprint density at radius 1 is 1.28 bits per heavy atom. The van der Waals surface area contributed by atoms with Gasteiger partial charge in [-0.05, 0) is 5.56 Å². The van der Waals surface area contributed by atoms with E-state index >= 15 is 0 Å². The van der Waals surface area contributed by atoms with E-state index in [1.165, 1.54) is 5.01 Å². The van der Waals surface area contributed by atoms with Gasteiger partial charge in [-0.2, -0.15) is 5.10 Å².